The molecule has 3 nitrogen and oxygen atoms in total. The monoisotopic (exact) mass is 184 g/mol. The normalized spacial score (nSPS) is 11.7. The number of aromatic nitrogens is 2. The lowest BCUT2D eigenvalue weighted by Gasteiger charge is -2.13. The summed E-state index contributed by atoms with van der Waals surface area (Å²) in [5.41, 5.74) is -0.788. The molecule has 72 valence electrons. The standard InChI is InChI=1S/C9H13FN2O/c1-7(13)8-4-11-12(5-8)6-9(2,3)10/h4-5H,6H2,1-3H3. The van der Waals surface area contributed by atoms with Gasteiger partial charge in [-0.2, -0.15) is 5.10 Å². The predicted octanol–water partition coefficient (Wildman–Crippen LogP) is 1.83. The summed E-state index contributed by atoms with van der Waals surface area (Å²) in [5.74, 6) is -0.0529. The average Bonchev–Trinajstić information content (AvgIpc) is 2.31. The molecule has 0 fully saturated rings. The number of alkyl halides is 1. The van der Waals surface area contributed by atoms with Gasteiger partial charge >= 0.3 is 0 Å². The quantitative estimate of drug-likeness (QED) is 0.672. The first kappa shape index (κ1) is 9.89. The first-order valence-corrected chi connectivity index (χ1v) is 4.11. The molecular weight excluding hydrogens is 171 g/mol. The van der Waals surface area contributed by atoms with Crippen LogP contribution < -0.4 is 0 Å². The largest absolute Gasteiger partial charge is 0.294 e. The fraction of sp³-hybridized carbons (Fsp3) is 0.556. The van der Waals surface area contributed by atoms with Crippen LogP contribution in [0.3, 0.4) is 0 Å². The van der Waals surface area contributed by atoms with Crippen molar-refractivity contribution in [1.82, 2.24) is 9.78 Å². The molecule has 0 atom stereocenters. The zero-order valence-electron chi connectivity index (χ0n) is 8.04. The van der Waals surface area contributed by atoms with Crippen molar-refractivity contribution in [3.05, 3.63) is 18.0 Å². The lowest BCUT2D eigenvalue weighted by atomic mass is 10.2. The van der Waals surface area contributed by atoms with Crippen LogP contribution in [-0.4, -0.2) is 21.2 Å². The fourth-order valence-corrected chi connectivity index (χ4v) is 1.02. The Kier molecular flexibility index (Phi) is 2.50. The molecule has 0 amide bonds. The summed E-state index contributed by atoms with van der Waals surface area (Å²) in [6, 6.07) is 0. The van der Waals surface area contributed by atoms with Crippen molar-refractivity contribution < 1.29 is 9.18 Å². The minimum atomic E-state index is -1.31. The molecule has 13 heavy (non-hydrogen) atoms. The van der Waals surface area contributed by atoms with Crippen LogP contribution in [0.25, 0.3) is 0 Å². The van der Waals surface area contributed by atoms with Gasteiger partial charge in [0.1, 0.15) is 5.67 Å². The highest BCUT2D eigenvalue weighted by atomic mass is 19.1. The number of Topliss-reactive ketones (excluding diaryl/α,β-unsaturated/α-hetero) is 1. The number of nitrogens with zero attached hydrogens (tertiary/aromatic N) is 2. The van der Waals surface area contributed by atoms with Crippen molar-refractivity contribution in [3.63, 3.8) is 0 Å². The number of hydrogen-bond acceptors (Lipinski definition) is 2. The second-order valence-corrected chi connectivity index (χ2v) is 3.70. The molecule has 0 N–H and O–H groups in total. The molecular formula is C9H13FN2O. The van der Waals surface area contributed by atoms with E-state index in [2.05, 4.69) is 5.10 Å². The van der Waals surface area contributed by atoms with Crippen LogP contribution in [0, 0.1) is 0 Å². The summed E-state index contributed by atoms with van der Waals surface area (Å²) in [6.45, 7) is 4.58. The van der Waals surface area contributed by atoms with Gasteiger partial charge in [-0.15, -0.1) is 0 Å². The van der Waals surface area contributed by atoms with E-state index in [0.29, 0.717) is 5.56 Å². The van der Waals surface area contributed by atoms with Gasteiger partial charge in [-0.05, 0) is 20.8 Å². The minimum absolute atomic E-state index is 0.0529. The molecule has 0 bridgehead atoms. The molecule has 0 spiro atoms. The van der Waals surface area contributed by atoms with Crippen LogP contribution in [0.2, 0.25) is 0 Å². The van der Waals surface area contributed by atoms with Crippen molar-refractivity contribution in [2.45, 2.75) is 33.0 Å². The van der Waals surface area contributed by atoms with Crippen molar-refractivity contribution in [2.24, 2.45) is 0 Å². The van der Waals surface area contributed by atoms with Gasteiger partial charge in [0.2, 0.25) is 0 Å². The smallest absolute Gasteiger partial charge is 0.162 e. The van der Waals surface area contributed by atoms with Gasteiger partial charge in [0.25, 0.3) is 0 Å². The molecule has 1 aromatic rings. The zero-order valence-corrected chi connectivity index (χ0v) is 8.04. The Bertz CT molecular complexity index is 312. The SMILES string of the molecule is CC(=O)c1cnn(CC(C)(C)F)c1. The summed E-state index contributed by atoms with van der Waals surface area (Å²) in [6.07, 6.45) is 3.01. The van der Waals surface area contributed by atoms with Gasteiger partial charge in [-0.3, -0.25) is 9.48 Å². The highest BCUT2D eigenvalue weighted by Gasteiger charge is 2.17. The Labute approximate surface area is 76.6 Å². The molecule has 0 saturated heterocycles. The van der Waals surface area contributed by atoms with Crippen LogP contribution >= 0.6 is 0 Å². The first-order chi connectivity index (χ1) is 5.88. The molecule has 0 aliphatic heterocycles. The molecule has 0 aliphatic rings. The zero-order chi connectivity index (χ0) is 10.1. The third-order valence-electron chi connectivity index (χ3n) is 1.58. The van der Waals surface area contributed by atoms with E-state index in [1.54, 1.807) is 6.20 Å². The number of carbonyl (C=O) groups excluding carboxylic acids is 1. The van der Waals surface area contributed by atoms with Crippen LogP contribution in [0.15, 0.2) is 12.4 Å². The molecule has 1 heterocycles. The average molecular weight is 184 g/mol. The second-order valence-electron chi connectivity index (χ2n) is 3.70. The summed E-state index contributed by atoms with van der Waals surface area (Å²) >= 11 is 0. The maximum atomic E-state index is 13.1. The third-order valence-corrected chi connectivity index (χ3v) is 1.58. The van der Waals surface area contributed by atoms with Crippen LogP contribution in [-0.2, 0) is 6.54 Å². The van der Waals surface area contributed by atoms with Crippen molar-refractivity contribution in [2.75, 3.05) is 0 Å². The molecule has 4 heteroatoms. The van der Waals surface area contributed by atoms with Gasteiger partial charge in [-0.1, -0.05) is 0 Å². The first-order valence-electron chi connectivity index (χ1n) is 4.11. The van der Waals surface area contributed by atoms with Gasteiger partial charge in [0.05, 0.1) is 18.3 Å². The molecule has 1 rings (SSSR count). The van der Waals surface area contributed by atoms with E-state index in [0.717, 1.165) is 0 Å². The highest BCUT2D eigenvalue weighted by molar-refractivity contribution is 5.93. The molecule has 0 aromatic carbocycles. The molecule has 0 radical (unpaired) electrons. The highest BCUT2D eigenvalue weighted by Crippen LogP contribution is 2.11. The Hall–Kier alpha value is -1.19. The van der Waals surface area contributed by atoms with Crippen LogP contribution in [0.5, 0.6) is 0 Å². The van der Waals surface area contributed by atoms with Crippen molar-refractivity contribution in [3.8, 4) is 0 Å². The van der Waals surface area contributed by atoms with Crippen LogP contribution in [0.4, 0.5) is 4.39 Å². The Morgan fingerprint density at radius 2 is 2.31 bits per heavy atom. The Morgan fingerprint density at radius 3 is 2.69 bits per heavy atom. The van der Waals surface area contributed by atoms with E-state index in [4.69, 9.17) is 0 Å². The topological polar surface area (TPSA) is 34.9 Å². The van der Waals surface area contributed by atoms with E-state index in [-0.39, 0.29) is 12.3 Å². The van der Waals surface area contributed by atoms with Crippen molar-refractivity contribution >= 4 is 5.78 Å². The molecule has 0 unspecified atom stereocenters. The summed E-state index contributed by atoms with van der Waals surface area (Å²) < 4.78 is 14.6. The minimum Gasteiger partial charge on any atom is -0.294 e. The third kappa shape index (κ3) is 2.97. The van der Waals surface area contributed by atoms with E-state index in [1.807, 2.05) is 0 Å². The Morgan fingerprint density at radius 1 is 1.69 bits per heavy atom. The summed E-state index contributed by atoms with van der Waals surface area (Å²) in [4.78, 5) is 10.9. The van der Waals surface area contributed by atoms with Gasteiger partial charge in [0, 0.05) is 6.20 Å². The predicted molar refractivity (Wildman–Crippen MR) is 47.4 cm³/mol. The van der Waals surface area contributed by atoms with Crippen molar-refractivity contribution in [1.29, 1.82) is 0 Å². The van der Waals surface area contributed by atoms with E-state index in [9.17, 15) is 9.18 Å². The molecule has 0 saturated carbocycles. The second kappa shape index (κ2) is 3.28. The van der Waals surface area contributed by atoms with Gasteiger partial charge in [-0.25, -0.2) is 4.39 Å². The number of carbonyl (C=O) groups is 1. The number of hydrogen-bond donors (Lipinski definition) is 0. The summed E-state index contributed by atoms with van der Waals surface area (Å²) in [7, 11) is 0. The maximum Gasteiger partial charge on any atom is 0.162 e. The van der Waals surface area contributed by atoms with Gasteiger partial charge in [0.15, 0.2) is 5.78 Å². The van der Waals surface area contributed by atoms with E-state index >= 15 is 0 Å². The number of ketones is 1. The number of halogens is 1. The summed E-state index contributed by atoms with van der Waals surface area (Å²) in [5, 5.41) is 3.88. The Balaban J connectivity index is 2.75. The fourth-order valence-electron chi connectivity index (χ4n) is 1.02. The van der Waals surface area contributed by atoms with E-state index < -0.39 is 5.67 Å². The lowest BCUT2D eigenvalue weighted by Crippen LogP contribution is -2.21. The molecule has 0 aliphatic carbocycles. The number of rotatable bonds is 3. The van der Waals surface area contributed by atoms with E-state index in [1.165, 1.54) is 31.6 Å². The van der Waals surface area contributed by atoms with Crippen LogP contribution in [0.1, 0.15) is 31.1 Å². The maximum absolute atomic E-state index is 13.1. The van der Waals surface area contributed by atoms with Gasteiger partial charge < -0.3 is 0 Å². The lowest BCUT2D eigenvalue weighted by molar-refractivity contribution is 0.101. The molecule has 1 aromatic heterocycles.